The first kappa shape index (κ1) is 12.0. The summed E-state index contributed by atoms with van der Waals surface area (Å²) in [5, 5.41) is 10.3. The highest BCUT2D eigenvalue weighted by molar-refractivity contribution is 5.94. The van der Waals surface area contributed by atoms with Gasteiger partial charge in [-0.15, -0.1) is 0 Å². The topological polar surface area (TPSA) is 79.3 Å². The van der Waals surface area contributed by atoms with Gasteiger partial charge in [0.2, 0.25) is 0 Å². The molecule has 5 nitrogen and oxygen atoms in total. The molecule has 0 aromatic carbocycles. The number of halogens is 2. The van der Waals surface area contributed by atoms with Crippen molar-refractivity contribution in [3.8, 4) is 0 Å². The fourth-order valence-electron chi connectivity index (χ4n) is 1.04. The first-order chi connectivity index (χ1) is 7.40. The lowest BCUT2D eigenvalue weighted by atomic mass is 10.2. The minimum absolute atomic E-state index is 0.108. The Kier molecular flexibility index (Phi) is 3.49. The van der Waals surface area contributed by atoms with Crippen LogP contribution in [0.1, 0.15) is 29.5 Å². The molecule has 0 spiro atoms. The zero-order chi connectivity index (χ0) is 12.3. The molecule has 0 aliphatic heterocycles. The number of amides is 1. The maximum Gasteiger partial charge on any atom is 0.409 e. The van der Waals surface area contributed by atoms with E-state index in [1.54, 1.807) is 0 Å². The van der Waals surface area contributed by atoms with Crippen molar-refractivity contribution in [1.29, 1.82) is 0 Å². The third-order valence-corrected chi connectivity index (χ3v) is 1.68. The number of pyridine rings is 1. The standard InChI is InChI=1S/C9H8F2N2O3/c1-4(14)6-2-5(12-9(15)16)3-7(13-6)8(10)11/h2-3,8H,1H3,(H,12,13)(H,15,16). The molecule has 1 amide bonds. The molecule has 0 saturated carbocycles. The highest BCUT2D eigenvalue weighted by Gasteiger charge is 2.14. The Labute approximate surface area is 89.1 Å². The van der Waals surface area contributed by atoms with Crippen LogP contribution in [-0.4, -0.2) is 22.0 Å². The molecular weight excluding hydrogens is 222 g/mol. The first-order valence-corrected chi connectivity index (χ1v) is 4.21. The van der Waals surface area contributed by atoms with Crippen molar-refractivity contribution in [3.05, 3.63) is 23.5 Å². The zero-order valence-electron chi connectivity index (χ0n) is 8.20. The summed E-state index contributed by atoms with van der Waals surface area (Å²) >= 11 is 0. The number of carboxylic acid groups (broad SMARTS) is 1. The normalized spacial score (nSPS) is 10.2. The van der Waals surface area contributed by atoms with Gasteiger partial charge in [-0.2, -0.15) is 0 Å². The van der Waals surface area contributed by atoms with Crippen molar-refractivity contribution in [1.82, 2.24) is 4.98 Å². The van der Waals surface area contributed by atoms with E-state index in [1.165, 1.54) is 0 Å². The lowest BCUT2D eigenvalue weighted by molar-refractivity contribution is 0.101. The number of nitrogens with one attached hydrogen (secondary N) is 1. The smallest absolute Gasteiger partial charge is 0.409 e. The molecule has 16 heavy (non-hydrogen) atoms. The third kappa shape index (κ3) is 2.97. The SMILES string of the molecule is CC(=O)c1cc(NC(=O)O)cc(C(F)F)n1. The van der Waals surface area contributed by atoms with E-state index in [0.29, 0.717) is 0 Å². The van der Waals surface area contributed by atoms with E-state index in [0.717, 1.165) is 19.1 Å². The average molecular weight is 230 g/mol. The van der Waals surface area contributed by atoms with Gasteiger partial charge < -0.3 is 5.11 Å². The van der Waals surface area contributed by atoms with Crippen LogP contribution in [0.5, 0.6) is 0 Å². The van der Waals surface area contributed by atoms with Crippen LogP contribution in [0.25, 0.3) is 0 Å². The molecule has 86 valence electrons. The summed E-state index contributed by atoms with van der Waals surface area (Å²) in [6.07, 6.45) is -4.27. The summed E-state index contributed by atoms with van der Waals surface area (Å²) < 4.78 is 24.8. The molecule has 0 bridgehead atoms. The number of nitrogens with zero attached hydrogens (tertiary/aromatic N) is 1. The molecule has 0 aliphatic carbocycles. The van der Waals surface area contributed by atoms with Crippen LogP contribution in [-0.2, 0) is 0 Å². The largest absolute Gasteiger partial charge is 0.465 e. The van der Waals surface area contributed by atoms with Crippen LogP contribution in [0, 0.1) is 0 Å². The molecule has 1 heterocycles. The fourth-order valence-corrected chi connectivity index (χ4v) is 1.04. The fraction of sp³-hybridized carbons (Fsp3) is 0.222. The Morgan fingerprint density at radius 1 is 1.44 bits per heavy atom. The van der Waals surface area contributed by atoms with Crippen molar-refractivity contribution < 1.29 is 23.5 Å². The van der Waals surface area contributed by atoms with E-state index in [4.69, 9.17) is 5.11 Å². The molecule has 0 aliphatic rings. The Bertz CT molecular complexity index is 435. The summed E-state index contributed by atoms with van der Waals surface area (Å²) in [5.74, 6) is -0.518. The number of hydrogen-bond acceptors (Lipinski definition) is 3. The lowest BCUT2D eigenvalue weighted by Gasteiger charge is -2.06. The van der Waals surface area contributed by atoms with Crippen LogP contribution >= 0.6 is 0 Å². The monoisotopic (exact) mass is 230 g/mol. The van der Waals surface area contributed by atoms with Gasteiger partial charge in [-0.05, 0) is 12.1 Å². The van der Waals surface area contributed by atoms with E-state index in [1.807, 2.05) is 5.32 Å². The van der Waals surface area contributed by atoms with Gasteiger partial charge in [0, 0.05) is 12.6 Å². The zero-order valence-corrected chi connectivity index (χ0v) is 8.20. The van der Waals surface area contributed by atoms with Gasteiger partial charge in [-0.25, -0.2) is 18.6 Å². The van der Waals surface area contributed by atoms with Crippen molar-refractivity contribution in [2.45, 2.75) is 13.3 Å². The molecule has 0 unspecified atom stereocenters. The molecule has 1 rings (SSSR count). The van der Waals surface area contributed by atoms with Crippen LogP contribution < -0.4 is 5.32 Å². The minimum Gasteiger partial charge on any atom is -0.465 e. The molecule has 1 aromatic rings. The summed E-state index contributed by atoms with van der Waals surface area (Å²) in [5.41, 5.74) is -0.957. The molecular formula is C9H8F2N2O3. The maximum atomic E-state index is 12.4. The molecule has 0 fully saturated rings. The summed E-state index contributed by atoms with van der Waals surface area (Å²) in [6, 6.07) is 1.98. The van der Waals surface area contributed by atoms with Crippen LogP contribution in [0.2, 0.25) is 0 Å². The van der Waals surface area contributed by atoms with Crippen LogP contribution in [0.4, 0.5) is 19.3 Å². The Balaban J connectivity index is 3.18. The van der Waals surface area contributed by atoms with E-state index < -0.39 is 24.0 Å². The van der Waals surface area contributed by atoms with Gasteiger partial charge >= 0.3 is 6.09 Å². The summed E-state index contributed by atoms with van der Waals surface area (Å²) in [4.78, 5) is 24.7. The average Bonchev–Trinajstić information content (AvgIpc) is 2.15. The number of anilines is 1. The van der Waals surface area contributed by atoms with Crippen molar-refractivity contribution in [3.63, 3.8) is 0 Å². The van der Waals surface area contributed by atoms with Gasteiger partial charge in [0.1, 0.15) is 11.4 Å². The maximum absolute atomic E-state index is 12.4. The second kappa shape index (κ2) is 4.65. The number of Topliss-reactive ketones (excluding diaryl/α,β-unsaturated/α-hetero) is 1. The Morgan fingerprint density at radius 3 is 2.50 bits per heavy atom. The van der Waals surface area contributed by atoms with Crippen molar-refractivity contribution in [2.75, 3.05) is 5.32 Å². The molecule has 0 saturated heterocycles. The summed E-state index contributed by atoms with van der Waals surface area (Å²) in [6.45, 7) is 1.15. The Morgan fingerprint density at radius 2 is 2.06 bits per heavy atom. The third-order valence-electron chi connectivity index (χ3n) is 1.68. The van der Waals surface area contributed by atoms with Gasteiger partial charge in [0.25, 0.3) is 6.43 Å². The van der Waals surface area contributed by atoms with Gasteiger partial charge in [0.15, 0.2) is 5.78 Å². The quantitative estimate of drug-likeness (QED) is 0.781. The highest BCUT2D eigenvalue weighted by Crippen LogP contribution is 2.21. The second-order valence-corrected chi connectivity index (χ2v) is 2.95. The Hall–Kier alpha value is -2.05. The van der Waals surface area contributed by atoms with E-state index >= 15 is 0 Å². The predicted molar refractivity (Wildman–Crippen MR) is 50.8 cm³/mol. The van der Waals surface area contributed by atoms with E-state index in [2.05, 4.69) is 4.98 Å². The summed E-state index contributed by atoms with van der Waals surface area (Å²) in [7, 11) is 0. The molecule has 2 N–H and O–H groups in total. The number of ketones is 1. The lowest BCUT2D eigenvalue weighted by Crippen LogP contribution is -2.10. The molecule has 1 aromatic heterocycles. The second-order valence-electron chi connectivity index (χ2n) is 2.95. The minimum atomic E-state index is -2.87. The van der Waals surface area contributed by atoms with Gasteiger partial charge in [0.05, 0.1) is 0 Å². The number of alkyl halides is 2. The van der Waals surface area contributed by atoms with Crippen molar-refractivity contribution in [2.24, 2.45) is 0 Å². The van der Waals surface area contributed by atoms with Gasteiger partial charge in [-0.1, -0.05) is 0 Å². The number of aromatic nitrogens is 1. The van der Waals surface area contributed by atoms with E-state index in [-0.39, 0.29) is 11.4 Å². The number of carbonyl (C=O) groups is 2. The molecule has 0 atom stereocenters. The predicted octanol–water partition coefficient (Wildman–Crippen LogP) is 2.31. The number of rotatable bonds is 3. The van der Waals surface area contributed by atoms with Crippen LogP contribution in [0.15, 0.2) is 12.1 Å². The van der Waals surface area contributed by atoms with Crippen molar-refractivity contribution >= 4 is 17.6 Å². The van der Waals surface area contributed by atoms with Crippen LogP contribution in [0.3, 0.4) is 0 Å². The van der Waals surface area contributed by atoms with E-state index in [9.17, 15) is 18.4 Å². The highest BCUT2D eigenvalue weighted by atomic mass is 19.3. The number of carbonyl (C=O) groups excluding carboxylic acids is 1. The number of hydrogen-bond donors (Lipinski definition) is 2. The van der Waals surface area contributed by atoms with Gasteiger partial charge in [-0.3, -0.25) is 10.1 Å². The molecule has 0 radical (unpaired) electrons. The molecule has 7 heteroatoms. The first-order valence-electron chi connectivity index (χ1n) is 4.21.